The number of carbonyl (C=O) groups excluding carboxylic acids is 2. The molecule has 0 radical (unpaired) electrons. The second-order valence-corrected chi connectivity index (χ2v) is 10.4. The van der Waals surface area contributed by atoms with E-state index in [-0.39, 0.29) is 17.9 Å². The van der Waals surface area contributed by atoms with Crippen LogP contribution in [0.15, 0.2) is 67.4 Å². The van der Waals surface area contributed by atoms with Crippen molar-refractivity contribution in [3.63, 3.8) is 0 Å². The molecule has 0 spiro atoms. The summed E-state index contributed by atoms with van der Waals surface area (Å²) in [4.78, 5) is 31.3. The first kappa shape index (κ1) is 26.9. The standard InChI is InChI=1S/C31H34N6O3/c1-5-27(38)37-15-7-9-23(18-37)33-30-28-26(13-14-32-29(28)35-36-30)40-24-10-6-8-21(17-24)31(39)34-22-11-12-25(19(2)3)20(4)16-22/h5-6,8,10-14,16-17,19,23H,1,7,9,15,18H2,2-4H3,(H,34,39)(H2,32,33,35,36)/t23-/m1/s1. The minimum atomic E-state index is -0.219. The van der Waals surface area contributed by atoms with Crippen LogP contribution < -0.4 is 15.4 Å². The second-order valence-electron chi connectivity index (χ2n) is 10.4. The van der Waals surface area contributed by atoms with Crippen LogP contribution in [0.25, 0.3) is 11.0 Å². The molecule has 206 valence electrons. The van der Waals surface area contributed by atoms with Crippen LogP contribution in [-0.4, -0.2) is 51.0 Å². The molecule has 3 heterocycles. The normalized spacial score (nSPS) is 15.2. The van der Waals surface area contributed by atoms with E-state index in [0.717, 1.165) is 24.1 Å². The van der Waals surface area contributed by atoms with Crippen molar-refractivity contribution in [3.05, 3.63) is 84.1 Å². The molecule has 1 aliphatic heterocycles. The summed E-state index contributed by atoms with van der Waals surface area (Å²) in [7, 11) is 0. The Morgan fingerprint density at radius 1 is 1.20 bits per heavy atom. The fraction of sp³-hybridized carbons (Fsp3) is 0.290. The van der Waals surface area contributed by atoms with E-state index in [2.05, 4.69) is 59.2 Å². The first-order chi connectivity index (χ1) is 19.3. The Balaban J connectivity index is 1.33. The third-order valence-corrected chi connectivity index (χ3v) is 7.15. The van der Waals surface area contributed by atoms with Gasteiger partial charge in [0.2, 0.25) is 5.91 Å². The number of H-pyrrole nitrogens is 1. The minimum absolute atomic E-state index is 0.0301. The number of rotatable bonds is 8. The first-order valence-corrected chi connectivity index (χ1v) is 13.5. The molecule has 2 aromatic carbocycles. The number of piperidine rings is 1. The molecule has 1 aliphatic rings. The zero-order valence-electron chi connectivity index (χ0n) is 23.0. The van der Waals surface area contributed by atoms with Gasteiger partial charge in [0.1, 0.15) is 16.9 Å². The van der Waals surface area contributed by atoms with Crippen LogP contribution >= 0.6 is 0 Å². The monoisotopic (exact) mass is 538 g/mol. The van der Waals surface area contributed by atoms with Gasteiger partial charge in [-0.15, -0.1) is 0 Å². The van der Waals surface area contributed by atoms with Gasteiger partial charge >= 0.3 is 0 Å². The molecule has 0 bridgehead atoms. The molecule has 1 fully saturated rings. The SMILES string of the molecule is C=CC(=O)N1CCC[C@@H](Nc2n[nH]c3nccc(Oc4cccc(C(=O)Nc5ccc(C(C)C)c(C)c5)c4)c23)C1. The summed E-state index contributed by atoms with van der Waals surface area (Å²) in [5, 5.41) is 14.5. The molecule has 1 atom stereocenters. The topological polar surface area (TPSA) is 112 Å². The number of ether oxygens (including phenoxy) is 1. The number of anilines is 2. The van der Waals surface area contributed by atoms with Crippen LogP contribution in [0, 0.1) is 6.92 Å². The van der Waals surface area contributed by atoms with Crippen LogP contribution in [0.2, 0.25) is 0 Å². The van der Waals surface area contributed by atoms with Gasteiger partial charge in [-0.2, -0.15) is 5.10 Å². The third-order valence-electron chi connectivity index (χ3n) is 7.15. The van der Waals surface area contributed by atoms with E-state index >= 15 is 0 Å². The average Bonchev–Trinajstić information content (AvgIpc) is 3.36. The number of hydrogen-bond donors (Lipinski definition) is 3. The lowest BCUT2D eigenvalue weighted by molar-refractivity contribution is -0.127. The minimum Gasteiger partial charge on any atom is -0.456 e. The maximum atomic E-state index is 13.1. The van der Waals surface area contributed by atoms with E-state index in [1.54, 1.807) is 41.4 Å². The fourth-order valence-corrected chi connectivity index (χ4v) is 5.16. The van der Waals surface area contributed by atoms with E-state index in [1.807, 2.05) is 12.1 Å². The van der Waals surface area contributed by atoms with E-state index < -0.39 is 0 Å². The highest BCUT2D eigenvalue weighted by Gasteiger charge is 2.24. The predicted molar refractivity (Wildman–Crippen MR) is 157 cm³/mol. The van der Waals surface area contributed by atoms with Crippen molar-refractivity contribution < 1.29 is 14.3 Å². The van der Waals surface area contributed by atoms with Crippen LogP contribution in [0.4, 0.5) is 11.5 Å². The number of fused-ring (bicyclic) bond motifs is 1. The Labute approximate surface area is 233 Å². The Morgan fingerprint density at radius 3 is 2.83 bits per heavy atom. The third kappa shape index (κ3) is 5.83. The van der Waals surface area contributed by atoms with Crippen molar-refractivity contribution >= 4 is 34.4 Å². The number of nitrogens with one attached hydrogen (secondary N) is 3. The molecule has 40 heavy (non-hydrogen) atoms. The van der Waals surface area contributed by atoms with Crippen molar-refractivity contribution in [2.75, 3.05) is 23.7 Å². The summed E-state index contributed by atoms with van der Waals surface area (Å²) in [6.07, 6.45) is 4.78. The molecular formula is C31H34N6O3. The smallest absolute Gasteiger partial charge is 0.255 e. The van der Waals surface area contributed by atoms with E-state index in [4.69, 9.17) is 4.74 Å². The molecule has 5 rings (SSSR count). The van der Waals surface area contributed by atoms with Gasteiger partial charge in [-0.05, 0) is 73.2 Å². The number of nitrogens with zero attached hydrogens (tertiary/aromatic N) is 3. The van der Waals surface area contributed by atoms with Gasteiger partial charge in [0.05, 0.1) is 0 Å². The maximum absolute atomic E-state index is 13.1. The zero-order valence-corrected chi connectivity index (χ0v) is 23.0. The number of likely N-dealkylation sites (tertiary alicyclic amines) is 1. The lowest BCUT2D eigenvalue weighted by Crippen LogP contribution is -2.44. The Hall–Kier alpha value is -4.66. The van der Waals surface area contributed by atoms with Crippen LogP contribution in [-0.2, 0) is 4.79 Å². The number of hydrogen-bond acceptors (Lipinski definition) is 6. The summed E-state index contributed by atoms with van der Waals surface area (Å²) in [5.41, 5.74) is 4.21. The van der Waals surface area contributed by atoms with Crippen LogP contribution in [0.3, 0.4) is 0 Å². The van der Waals surface area contributed by atoms with Gasteiger partial charge < -0.3 is 20.3 Å². The highest BCUT2D eigenvalue weighted by molar-refractivity contribution is 6.04. The van der Waals surface area contributed by atoms with Crippen molar-refractivity contribution in [2.45, 2.75) is 45.6 Å². The Morgan fingerprint density at radius 2 is 2.05 bits per heavy atom. The van der Waals surface area contributed by atoms with Gasteiger partial charge in [0.15, 0.2) is 11.5 Å². The quantitative estimate of drug-likeness (QED) is 0.236. The molecule has 2 amide bonds. The van der Waals surface area contributed by atoms with Crippen molar-refractivity contribution in [2.24, 2.45) is 0 Å². The first-order valence-electron chi connectivity index (χ1n) is 13.5. The fourth-order valence-electron chi connectivity index (χ4n) is 5.16. The molecule has 9 heteroatoms. The summed E-state index contributed by atoms with van der Waals surface area (Å²) >= 11 is 0. The molecule has 0 aliphatic carbocycles. The number of carbonyl (C=O) groups is 2. The number of benzene rings is 2. The molecule has 9 nitrogen and oxygen atoms in total. The Bertz CT molecular complexity index is 1560. The number of pyridine rings is 1. The molecule has 4 aromatic rings. The van der Waals surface area contributed by atoms with Gasteiger partial charge in [0.25, 0.3) is 5.91 Å². The van der Waals surface area contributed by atoms with Gasteiger partial charge in [-0.3, -0.25) is 14.7 Å². The lowest BCUT2D eigenvalue weighted by atomic mass is 9.97. The summed E-state index contributed by atoms with van der Waals surface area (Å²) in [5.74, 6) is 1.79. The van der Waals surface area contributed by atoms with Crippen molar-refractivity contribution in [1.29, 1.82) is 0 Å². The molecule has 0 saturated carbocycles. The lowest BCUT2D eigenvalue weighted by Gasteiger charge is -2.32. The van der Waals surface area contributed by atoms with Gasteiger partial charge in [-0.1, -0.05) is 32.6 Å². The van der Waals surface area contributed by atoms with E-state index in [0.29, 0.717) is 52.9 Å². The van der Waals surface area contributed by atoms with E-state index in [9.17, 15) is 9.59 Å². The highest BCUT2D eigenvalue weighted by atomic mass is 16.5. The molecule has 2 aromatic heterocycles. The van der Waals surface area contributed by atoms with E-state index in [1.165, 1.54) is 11.6 Å². The molecule has 0 unspecified atom stereocenters. The van der Waals surface area contributed by atoms with Gasteiger partial charge in [-0.25, -0.2) is 4.98 Å². The zero-order chi connectivity index (χ0) is 28.2. The predicted octanol–water partition coefficient (Wildman–Crippen LogP) is 6.02. The number of aromatic nitrogens is 3. The largest absolute Gasteiger partial charge is 0.456 e. The Kier molecular flexibility index (Phi) is 7.82. The second kappa shape index (κ2) is 11.6. The average molecular weight is 539 g/mol. The molecule has 3 N–H and O–H groups in total. The summed E-state index contributed by atoms with van der Waals surface area (Å²) < 4.78 is 6.26. The van der Waals surface area contributed by atoms with Crippen LogP contribution in [0.5, 0.6) is 11.5 Å². The number of aryl methyl sites for hydroxylation is 1. The van der Waals surface area contributed by atoms with Gasteiger partial charge in [0, 0.05) is 42.6 Å². The number of amides is 2. The molecular weight excluding hydrogens is 504 g/mol. The van der Waals surface area contributed by atoms with Crippen LogP contribution in [0.1, 0.15) is 54.1 Å². The van der Waals surface area contributed by atoms with Crippen molar-refractivity contribution in [3.8, 4) is 11.5 Å². The number of aromatic amines is 1. The summed E-state index contributed by atoms with van der Waals surface area (Å²) in [6, 6.07) is 14.8. The molecule has 1 saturated heterocycles. The van der Waals surface area contributed by atoms with Crippen molar-refractivity contribution in [1.82, 2.24) is 20.1 Å². The highest BCUT2D eigenvalue weighted by Crippen LogP contribution is 2.34. The maximum Gasteiger partial charge on any atom is 0.255 e. The summed E-state index contributed by atoms with van der Waals surface area (Å²) in [6.45, 7) is 11.2.